The average Bonchev–Trinajstić information content (AvgIpc) is 3.50. The van der Waals surface area contributed by atoms with Crippen LogP contribution in [-0.4, -0.2) is 0 Å². The first-order valence-corrected chi connectivity index (χ1v) is 13.2. The van der Waals surface area contributed by atoms with Gasteiger partial charge in [-0.1, -0.05) is 0 Å². The van der Waals surface area contributed by atoms with Crippen LogP contribution in [0, 0.1) is 10.4 Å². The summed E-state index contributed by atoms with van der Waals surface area (Å²) in [5.74, 6) is 0.206. The second-order valence-electron chi connectivity index (χ2n) is 9.44. The van der Waals surface area contributed by atoms with E-state index < -0.39 is 0 Å². The normalized spacial score (nSPS) is 14.2. The number of hydrogen-bond donors (Lipinski definition) is 0. The van der Waals surface area contributed by atoms with Crippen molar-refractivity contribution in [3.05, 3.63) is 182 Å². The van der Waals surface area contributed by atoms with Crippen LogP contribution in [0.1, 0.15) is 39.3 Å². The number of allylic oxidation sites excluding steroid dienone is 1. The Morgan fingerprint density at radius 1 is 0.553 bits per heavy atom. The van der Waals surface area contributed by atoms with Crippen molar-refractivity contribution in [2.24, 2.45) is 0 Å². The molecule has 3 heteroatoms. The molecule has 0 N–H and O–H groups in total. The molecule has 2 aliphatic carbocycles. The molecule has 5 aromatic rings. The Balaban J connectivity index is 0.00000147. The Hall–Kier alpha value is -3.13. The third-order valence-electron chi connectivity index (χ3n) is 7.49. The summed E-state index contributed by atoms with van der Waals surface area (Å²) in [6.45, 7) is 0. The third kappa shape index (κ3) is 4.23. The molecule has 5 aromatic carbocycles. The molecule has 0 radical (unpaired) electrons. The van der Waals surface area contributed by atoms with Gasteiger partial charge in [-0.25, -0.2) is 0 Å². The molecule has 0 aromatic heterocycles. The minimum absolute atomic E-state index is 0. The second-order valence-corrected chi connectivity index (χ2v) is 10.2. The number of rotatable bonds is 3. The van der Waals surface area contributed by atoms with Gasteiger partial charge in [-0.2, -0.15) is 0 Å². The summed E-state index contributed by atoms with van der Waals surface area (Å²) in [6, 6.07) is 44.1. The predicted octanol–water partition coefficient (Wildman–Crippen LogP) is 0.404. The van der Waals surface area contributed by atoms with Crippen molar-refractivity contribution in [3.8, 4) is 0 Å². The fourth-order valence-electron chi connectivity index (χ4n) is 5.91. The van der Waals surface area contributed by atoms with Gasteiger partial charge in [0.15, 0.2) is 0 Å². The summed E-state index contributed by atoms with van der Waals surface area (Å²) in [5.41, 5.74) is 9.28. The van der Waals surface area contributed by atoms with Gasteiger partial charge >= 0.3 is 224 Å². The number of fused-ring (bicyclic) bond motifs is 3. The average molecular weight is 562 g/mol. The fraction of sp³-hybridized carbons (Fsp3) is 0.0286. The number of benzene rings is 5. The molecule has 7 rings (SSSR count). The van der Waals surface area contributed by atoms with Crippen LogP contribution in [0.25, 0.3) is 15.5 Å². The molecule has 0 saturated carbocycles. The van der Waals surface area contributed by atoms with E-state index in [0.29, 0.717) is 0 Å². The molecule has 0 bridgehead atoms. The van der Waals surface area contributed by atoms with Crippen molar-refractivity contribution in [1.29, 1.82) is 0 Å². The molecule has 0 nitrogen and oxygen atoms in total. The zero-order chi connectivity index (χ0) is 24.1. The molecule has 1 unspecified atom stereocenters. The van der Waals surface area contributed by atoms with Gasteiger partial charge in [0.2, 0.25) is 0 Å². The van der Waals surface area contributed by atoms with E-state index in [2.05, 4.69) is 154 Å². The van der Waals surface area contributed by atoms with Crippen LogP contribution in [0.5, 0.6) is 0 Å². The zero-order valence-corrected chi connectivity index (χ0v) is 23.6. The number of hydrogen-bond acceptors (Lipinski definition) is 0. The van der Waals surface area contributed by atoms with Gasteiger partial charge in [-0.3, -0.25) is 0 Å². The van der Waals surface area contributed by atoms with Gasteiger partial charge in [0.05, 0.1) is 0 Å². The summed E-state index contributed by atoms with van der Waals surface area (Å²) < 4.78 is 1.37. The standard InChI is InChI=1S/C35H23.2ClH.Ti/c1-3-12-25(13-4-1)34(26-14-5-2-6-15-26)32-22-21-30-29-18-10-8-16-27(29)23-33(30)35(32)31-20-19-24-11-7-9-17-28(24)31;;;/h1-22,31H;2*1H;/q;;;+2/p-2. The summed E-state index contributed by atoms with van der Waals surface area (Å²) in [5, 5.41) is 5.35. The van der Waals surface area contributed by atoms with E-state index in [4.69, 9.17) is 0 Å². The van der Waals surface area contributed by atoms with Crippen LogP contribution in [0.4, 0.5) is 0 Å². The fourth-order valence-corrected chi connectivity index (χ4v) is 6.67. The topological polar surface area (TPSA) is 0 Å². The van der Waals surface area contributed by atoms with Gasteiger partial charge in [0, 0.05) is 0 Å². The molecule has 0 saturated heterocycles. The van der Waals surface area contributed by atoms with Gasteiger partial charge < -0.3 is 24.8 Å². The molecule has 38 heavy (non-hydrogen) atoms. The summed E-state index contributed by atoms with van der Waals surface area (Å²) in [4.78, 5) is 0. The molecule has 1 atom stereocenters. The van der Waals surface area contributed by atoms with Crippen molar-refractivity contribution in [3.63, 3.8) is 0 Å². The van der Waals surface area contributed by atoms with E-state index >= 15 is 0 Å². The Morgan fingerprint density at radius 3 is 1.82 bits per heavy atom. The Labute approximate surface area is 247 Å². The first-order chi connectivity index (χ1) is 17.8. The van der Waals surface area contributed by atoms with E-state index in [1.807, 2.05) is 0 Å². The first kappa shape index (κ1) is 26.5. The van der Waals surface area contributed by atoms with E-state index in [9.17, 15) is 0 Å². The Morgan fingerprint density at radius 2 is 1.13 bits per heavy atom. The van der Waals surface area contributed by atoms with E-state index in [0.717, 1.165) is 0 Å². The van der Waals surface area contributed by atoms with Gasteiger partial charge in [-0.15, -0.1) is 0 Å². The van der Waals surface area contributed by atoms with Crippen molar-refractivity contribution in [1.82, 2.24) is 0 Å². The summed E-state index contributed by atoms with van der Waals surface area (Å²) in [7, 11) is 0. The van der Waals surface area contributed by atoms with Crippen molar-refractivity contribution < 1.29 is 45.2 Å². The van der Waals surface area contributed by atoms with E-state index in [1.165, 1.54) is 63.7 Å². The molecule has 0 aliphatic heterocycles. The molecule has 181 valence electrons. The van der Waals surface area contributed by atoms with Gasteiger partial charge in [-0.05, 0) is 0 Å². The van der Waals surface area contributed by atoms with Crippen LogP contribution in [0.3, 0.4) is 0 Å². The maximum absolute atomic E-state index is 2.40. The van der Waals surface area contributed by atoms with E-state index in [-0.39, 0.29) is 30.7 Å². The molecule has 0 fully saturated rings. The molecule has 0 amide bonds. The van der Waals surface area contributed by atoms with Crippen molar-refractivity contribution in [2.45, 2.75) is 5.92 Å². The first-order valence-electron chi connectivity index (χ1n) is 12.4. The quantitative estimate of drug-likeness (QED) is 0.280. The van der Waals surface area contributed by atoms with Gasteiger partial charge in [0.1, 0.15) is 0 Å². The van der Waals surface area contributed by atoms with Crippen molar-refractivity contribution >= 4 is 15.5 Å². The van der Waals surface area contributed by atoms with Crippen LogP contribution >= 0.6 is 0 Å². The molecule has 0 heterocycles. The summed E-state index contributed by atoms with van der Waals surface area (Å²) in [6.07, 6.45) is 4.69. The molecular formula is C35H23Cl2Ti. The van der Waals surface area contributed by atoms with E-state index in [1.54, 1.807) is 0 Å². The molecule has 2 aliphatic rings. The Bertz CT molecular complexity index is 1850. The Kier molecular flexibility index (Phi) is 7.62. The minimum atomic E-state index is 0. The third-order valence-corrected chi connectivity index (χ3v) is 8.30. The van der Waals surface area contributed by atoms with Crippen LogP contribution in [-0.2, 0) is 20.4 Å². The molecular weight excluding hydrogens is 539 g/mol. The maximum atomic E-state index is 2.40. The predicted molar refractivity (Wildman–Crippen MR) is 144 cm³/mol. The van der Waals surface area contributed by atoms with Crippen molar-refractivity contribution in [2.75, 3.05) is 0 Å². The summed E-state index contributed by atoms with van der Waals surface area (Å²) >= 11 is 2.30. The van der Waals surface area contributed by atoms with Crippen LogP contribution < -0.4 is 35.3 Å². The molecule has 0 spiro atoms. The monoisotopic (exact) mass is 561 g/mol. The van der Waals surface area contributed by atoms with Gasteiger partial charge in [0.25, 0.3) is 0 Å². The second kappa shape index (κ2) is 10.9. The van der Waals surface area contributed by atoms with Crippen LogP contribution in [0.15, 0.2) is 127 Å². The zero-order valence-electron chi connectivity index (χ0n) is 20.5. The van der Waals surface area contributed by atoms with Crippen LogP contribution in [0.2, 0.25) is 0 Å². The number of halogens is 2. The SMILES string of the molecule is [Cl-].[Cl-].[Ti+2][C]1=c2ccccc2=c2ccc(=C(c3ccccc3)c3ccccc3)c(C3C=Cc4ccccc43)c21.